The molecule has 5 nitrogen and oxygen atoms in total. The summed E-state index contributed by atoms with van der Waals surface area (Å²) in [6.45, 7) is 8.88. The minimum atomic E-state index is -2.63. The molecule has 1 unspecified atom stereocenters. The molecule has 2 atom stereocenters. The third kappa shape index (κ3) is 10.2. The van der Waals surface area contributed by atoms with Crippen LogP contribution in [0.15, 0.2) is 0 Å². The summed E-state index contributed by atoms with van der Waals surface area (Å²) < 4.78 is 19.9. The van der Waals surface area contributed by atoms with Crippen molar-refractivity contribution < 1.29 is 9.00 Å². The number of amides is 1. The lowest BCUT2D eigenvalue weighted by Crippen LogP contribution is -2.42. The molecule has 0 radical (unpaired) electrons. The summed E-state index contributed by atoms with van der Waals surface area (Å²) in [6.07, 6.45) is 3.00. The second kappa shape index (κ2) is 8.62. The molecule has 4 N–H and O–H groups in total. The van der Waals surface area contributed by atoms with Gasteiger partial charge >= 0.3 is 0 Å². The Bertz CT molecular complexity index is 386. The van der Waals surface area contributed by atoms with Crippen molar-refractivity contribution in [3.8, 4) is 0 Å². The fourth-order valence-corrected chi connectivity index (χ4v) is 3.32. The van der Waals surface area contributed by atoms with Crippen molar-refractivity contribution in [2.24, 2.45) is 11.1 Å². The van der Waals surface area contributed by atoms with Crippen molar-refractivity contribution in [1.29, 1.82) is 4.78 Å². The lowest BCUT2D eigenvalue weighted by molar-refractivity contribution is -0.122. The first-order chi connectivity index (χ1) is 9.07. The normalized spacial score (nSPS) is 16.4. The number of carbonyl (C=O) groups excluding carboxylic acids is 1. The molecule has 6 heteroatoms. The van der Waals surface area contributed by atoms with Crippen LogP contribution in [-0.4, -0.2) is 34.2 Å². The SMILES string of the molecule is CCCCNC(=O)[C@@H](N)CCS(=N)(=O)CCC(C)(C)C. The van der Waals surface area contributed by atoms with E-state index in [1.807, 2.05) is 0 Å². The van der Waals surface area contributed by atoms with Gasteiger partial charge in [-0.05, 0) is 24.7 Å². The van der Waals surface area contributed by atoms with Gasteiger partial charge < -0.3 is 11.1 Å². The Morgan fingerprint density at radius 2 is 1.95 bits per heavy atom. The van der Waals surface area contributed by atoms with Crippen molar-refractivity contribution in [2.45, 2.75) is 59.4 Å². The van der Waals surface area contributed by atoms with E-state index >= 15 is 0 Å². The van der Waals surface area contributed by atoms with Crippen LogP contribution in [0.5, 0.6) is 0 Å². The molecule has 0 aliphatic carbocycles. The molecule has 0 fully saturated rings. The van der Waals surface area contributed by atoms with Crippen molar-refractivity contribution in [3.63, 3.8) is 0 Å². The zero-order valence-electron chi connectivity index (χ0n) is 13.3. The van der Waals surface area contributed by atoms with Crippen molar-refractivity contribution in [3.05, 3.63) is 0 Å². The van der Waals surface area contributed by atoms with Gasteiger partial charge in [-0.2, -0.15) is 0 Å². The highest BCUT2D eigenvalue weighted by Gasteiger charge is 2.18. The maximum absolute atomic E-state index is 12.1. The van der Waals surface area contributed by atoms with Gasteiger partial charge in [0.25, 0.3) is 0 Å². The van der Waals surface area contributed by atoms with E-state index in [1.165, 1.54) is 0 Å². The molecule has 0 saturated heterocycles. The van der Waals surface area contributed by atoms with Crippen molar-refractivity contribution in [2.75, 3.05) is 18.1 Å². The Labute approximate surface area is 124 Å². The van der Waals surface area contributed by atoms with E-state index in [0.717, 1.165) is 19.3 Å². The summed E-state index contributed by atoms with van der Waals surface area (Å²) in [5, 5.41) is 2.76. The van der Waals surface area contributed by atoms with Crippen LogP contribution < -0.4 is 11.1 Å². The highest BCUT2D eigenvalue weighted by molar-refractivity contribution is 7.92. The van der Waals surface area contributed by atoms with Crippen LogP contribution in [0.25, 0.3) is 0 Å². The van der Waals surface area contributed by atoms with Gasteiger partial charge in [-0.3, -0.25) is 9.57 Å². The Morgan fingerprint density at radius 1 is 1.35 bits per heavy atom. The number of hydrogen-bond acceptors (Lipinski definition) is 4. The summed E-state index contributed by atoms with van der Waals surface area (Å²) in [5.41, 5.74) is 5.84. The largest absolute Gasteiger partial charge is 0.355 e. The van der Waals surface area contributed by atoms with E-state index in [4.69, 9.17) is 10.5 Å². The van der Waals surface area contributed by atoms with Crippen LogP contribution in [0.3, 0.4) is 0 Å². The molecule has 20 heavy (non-hydrogen) atoms. The molecular weight excluding hydrogens is 274 g/mol. The molecule has 0 bridgehead atoms. The first-order valence-corrected chi connectivity index (χ1v) is 9.24. The third-order valence-electron chi connectivity index (χ3n) is 3.11. The average Bonchev–Trinajstić information content (AvgIpc) is 2.33. The van der Waals surface area contributed by atoms with Crippen LogP contribution in [0, 0.1) is 10.2 Å². The Kier molecular flexibility index (Phi) is 8.35. The summed E-state index contributed by atoms with van der Waals surface area (Å²) in [7, 11) is -2.63. The number of nitrogens with one attached hydrogen (secondary N) is 2. The summed E-state index contributed by atoms with van der Waals surface area (Å²) in [6, 6.07) is -0.660. The van der Waals surface area contributed by atoms with Gasteiger partial charge in [0.15, 0.2) is 0 Å². The predicted molar refractivity (Wildman–Crippen MR) is 85.2 cm³/mol. The molecule has 0 spiro atoms. The molecule has 0 aliphatic rings. The fourth-order valence-electron chi connectivity index (χ4n) is 1.54. The number of unbranched alkanes of at least 4 members (excludes halogenated alkanes) is 1. The molecule has 0 heterocycles. The maximum Gasteiger partial charge on any atom is 0.236 e. The molecule has 0 aromatic heterocycles. The first-order valence-electron chi connectivity index (χ1n) is 7.35. The number of carbonyl (C=O) groups is 1. The summed E-state index contributed by atoms with van der Waals surface area (Å²) in [4.78, 5) is 11.7. The number of nitrogens with two attached hydrogens (primary N) is 1. The molecule has 120 valence electrons. The summed E-state index contributed by atoms with van der Waals surface area (Å²) >= 11 is 0. The van der Waals surface area contributed by atoms with Crippen LogP contribution in [0.2, 0.25) is 0 Å². The van der Waals surface area contributed by atoms with Gasteiger partial charge in [-0.25, -0.2) is 4.21 Å². The Morgan fingerprint density at radius 3 is 2.45 bits per heavy atom. The first kappa shape index (κ1) is 19.4. The van der Waals surface area contributed by atoms with E-state index in [0.29, 0.717) is 18.7 Å². The molecule has 1 amide bonds. The topological polar surface area (TPSA) is 96.0 Å². The smallest absolute Gasteiger partial charge is 0.236 e. The van der Waals surface area contributed by atoms with Gasteiger partial charge in [0, 0.05) is 27.8 Å². The minimum absolute atomic E-state index is 0.0728. The second-order valence-corrected chi connectivity index (χ2v) is 9.01. The van der Waals surface area contributed by atoms with Crippen LogP contribution in [-0.2, 0) is 14.5 Å². The van der Waals surface area contributed by atoms with Crippen LogP contribution in [0.4, 0.5) is 0 Å². The monoisotopic (exact) mass is 305 g/mol. The van der Waals surface area contributed by atoms with E-state index in [1.54, 1.807) is 0 Å². The van der Waals surface area contributed by atoms with Crippen LogP contribution >= 0.6 is 0 Å². The molecule has 0 aromatic carbocycles. The maximum atomic E-state index is 12.1. The van der Waals surface area contributed by atoms with E-state index < -0.39 is 15.8 Å². The summed E-state index contributed by atoms with van der Waals surface area (Å²) in [5.74, 6) is 0.371. The van der Waals surface area contributed by atoms with Gasteiger partial charge in [-0.1, -0.05) is 34.1 Å². The minimum Gasteiger partial charge on any atom is -0.355 e. The molecule has 0 aromatic rings. The van der Waals surface area contributed by atoms with Gasteiger partial charge in [0.05, 0.1) is 6.04 Å². The lowest BCUT2D eigenvalue weighted by Gasteiger charge is -2.19. The van der Waals surface area contributed by atoms with Crippen molar-refractivity contribution >= 4 is 15.6 Å². The number of rotatable bonds is 9. The Balaban J connectivity index is 4.09. The standard InChI is InChI=1S/C14H31N3O2S/c1-5-6-9-17-13(18)12(15)7-10-20(16,19)11-8-14(2,3)4/h12,16H,5-11,15H2,1-4H3,(H,17,18)/t12-,20?/m0/s1. The molecular formula is C14H31N3O2S. The van der Waals surface area contributed by atoms with E-state index in [2.05, 4.69) is 33.0 Å². The highest BCUT2D eigenvalue weighted by atomic mass is 32.2. The lowest BCUT2D eigenvalue weighted by atomic mass is 9.94. The Hall–Kier alpha value is -0.620. The number of hydrogen-bond donors (Lipinski definition) is 3. The third-order valence-corrected chi connectivity index (χ3v) is 4.87. The van der Waals surface area contributed by atoms with E-state index in [-0.39, 0.29) is 17.1 Å². The van der Waals surface area contributed by atoms with Gasteiger partial charge in [0.1, 0.15) is 0 Å². The zero-order chi connectivity index (χ0) is 15.8. The van der Waals surface area contributed by atoms with E-state index in [9.17, 15) is 9.00 Å². The van der Waals surface area contributed by atoms with Crippen molar-refractivity contribution in [1.82, 2.24) is 5.32 Å². The highest BCUT2D eigenvalue weighted by Crippen LogP contribution is 2.19. The van der Waals surface area contributed by atoms with Gasteiger partial charge in [0.2, 0.25) is 5.91 Å². The molecule has 0 rings (SSSR count). The van der Waals surface area contributed by atoms with Gasteiger partial charge in [-0.15, -0.1) is 0 Å². The molecule has 0 saturated carbocycles. The average molecular weight is 305 g/mol. The molecule has 0 aliphatic heterocycles. The fraction of sp³-hybridized carbons (Fsp3) is 0.929. The van der Waals surface area contributed by atoms with Crippen LogP contribution in [0.1, 0.15) is 53.4 Å². The zero-order valence-corrected chi connectivity index (χ0v) is 14.1. The predicted octanol–water partition coefficient (Wildman–Crippen LogP) is 2.10. The quantitative estimate of drug-likeness (QED) is 0.569. The second-order valence-electron chi connectivity index (χ2n) is 6.57.